The number of likely N-dealkylation sites (N-methyl/N-ethyl adjacent to an activating group) is 1. The molecule has 3 nitrogen and oxygen atoms in total. The maximum absolute atomic E-state index is 10.5. The van der Waals surface area contributed by atoms with Crippen LogP contribution in [0.4, 0.5) is 0 Å². The van der Waals surface area contributed by atoms with Crippen LogP contribution in [0.1, 0.15) is 70.3 Å². The van der Waals surface area contributed by atoms with Gasteiger partial charge in [-0.2, -0.15) is 0 Å². The van der Waals surface area contributed by atoms with Crippen LogP contribution in [0.5, 0.6) is 5.75 Å². The zero-order chi connectivity index (χ0) is 18.1. The molecule has 1 heterocycles. The molecular formula is C22H37NO2. The van der Waals surface area contributed by atoms with Crippen LogP contribution >= 0.6 is 0 Å². The average molecular weight is 348 g/mol. The van der Waals surface area contributed by atoms with Gasteiger partial charge in [0.25, 0.3) is 0 Å². The van der Waals surface area contributed by atoms with Gasteiger partial charge >= 0.3 is 0 Å². The monoisotopic (exact) mass is 347 g/mol. The summed E-state index contributed by atoms with van der Waals surface area (Å²) in [5, 5.41) is 10.5. The Balaban J connectivity index is 1.73. The van der Waals surface area contributed by atoms with Gasteiger partial charge in [0.2, 0.25) is 0 Å². The van der Waals surface area contributed by atoms with Crippen molar-refractivity contribution in [3.8, 4) is 5.75 Å². The Kier molecular flexibility index (Phi) is 8.77. The summed E-state index contributed by atoms with van der Waals surface area (Å²) in [6.07, 6.45) is 12.3. The van der Waals surface area contributed by atoms with Gasteiger partial charge in [-0.15, -0.1) is 0 Å². The van der Waals surface area contributed by atoms with Gasteiger partial charge in [-0.3, -0.25) is 4.90 Å². The number of benzene rings is 1. The molecule has 3 heteroatoms. The Morgan fingerprint density at radius 3 is 2.32 bits per heavy atom. The van der Waals surface area contributed by atoms with E-state index < -0.39 is 0 Å². The third-order valence-corrected chi connectivity index (χ3v) is 5.80. The minimum Gasteiger partial charge on any atom is -0.497 e. The molecule has 1 aliphatic heterocycles. The van der Waals surface area contributed by atoms with Crippen molar-refractivity contribution in [1.82, 2.24) is 4.90 Å². The number of ether oxygens (including phenoxy) is 1. The Hall–Kier alpha value is -1.06. The molecule has 2 rings (SSSR count). The van der Waals surface area contributed by atoms with Crippen molar-refractivity contribution in [2.75, 3.05) is 14.2 Å². The zero-order valence-electron chi connectivity index (χ0n) is 16.4. The van der Waals surface area contributed by atoms with Crippen molar-refractivity contribution in [3.63, 3.8) is 0 Å². The van der Waals surface area contributed by atoms with Crippen LogP contribution in [-0.2, 0) is 6.42 Å². The molecule has 1 fully saturated rings. The molecule has 0 amide bonds. The predicted octanol–water partition coefficient (Wildman–Crippen LogP) is 4.81. The number of methoxy groups -OCH3 is 1. The molecule has 1 aliphatic rings. The van der Waals surface area contributed by atoms with Crippen molar-refractivity contribution in [2.24, 2.45) is 0 Å². The lowest BCUT2D eigenvalue weighted by molar-refractivity contribution is 0.123. The Bertz CT molecular complexity index is 473. The summed E-state index contributed by atoms with van der Waals surface area (Å²) in [7, 11) is 3.88. The molecule has 142 valence electrons. The fourth-order valence-electron chi connectivity index (χ4n) is 4.09. The van der Waals surface area contributed by atoms with E-state index in [0.717, 1.165) is 18.6 Å². The topological polar surface area (TPSA) is 32.7 Å². The van der Waals surface area contributed by atoms with E-state index in [0.29, 0.717) is 6.04 Å². The van der Waals surface area contributed by atoms with Gasteiger partial charge in [0, 0.05) is 12.1 Å². The first-order valence-corrected chi connectivity index (χ1v) is 10.2. The van der Waals surface area contributed by atoms with Gasteiger partial charge in [-0.05, 0) is 44.0 Å². The molecule has 0 spiro atoms. The molecule has 0 radical (unpaired) electrons. The number of unbranched alkanes of at least 4 members (excludes halogenated alkanes) is 6. The molecular weight excluding hydrogens is 310 g/mol. The third-order valence-electron chi connectivity index (χ3n) is 5.80. The van der Waals surface area contributed by atoms with Crippen molar-refractivity contribution in [2.45, 2.75) is 89.3 Å². The van der Waals surface area contributed by atoms with Gasteiger partial charge in [-0.25, -0.2) is 0 Å². The maximum atomic E-state index is 10.5. The van der Waals surface area contributed by atoms with E-state index in [9.17, 15) is 5.11 Å². The quantitative estimate of drug-likeness (QED) is 0.583. The lowest BCUT2D eigenvalue weighted by Crippen LogP contribution is -2.37. The first-order chi connectivity index (χ1) is 12.2. The summed E-state index contributed by atoms with van der Waals surface area (Å²) in [5.41, 5.74) is 1.27. The van der Waals surface area contributed by atoms with E-state index in [1.807, 2.05) is 12.1 Å². The van der Waals surface area contributed by atoms with Gasteiger partial charge in [0.15, 0.2) is 0 Å². The van der Waals surface area contributed by atoms with E-state index in [2.05, 4.69) is 31.0 Å². The Morgan fingerprint density at radius 2 is 1.68 bits per heavy atom. The number of likely N-dealkylation sites (tertiary alicyclic amines) is 1. The molecule has 0 bridgehead atoms. The molecule has 1 N–H and O–H groups in total. The van der Waals surface area contributed by atoms with Crippen molar-refractivity contribution >= 4 is 0 Å². The van der Waals surface area contributed by atoms with Crippen molar-refractivity contribution < 1.29 is 9.84 Å². The third kappa shape index (κ3) is 6.31. The summed E-state index contributed by atoms with van der Waals surface area (Å²) in [6, 6.07) is 9.02. The van der Waals surface area contributed by atoms with Gasteiger partial charge in [-0.1, -0.05) is 64.0 Å². The smallest absolute Gasteiger partial charge is 0.118 e. The van der Waals surface area contributed by atoms with Crippen LogP contribution in [0.25, 0.3) is 0 Å². The second-order valence-electron chi connectivity index (χ2n) is 7.65. The summed E-state index contributed by atoms with van der Waals surface area (Å²) in [5.74, 6) is 0.890. The van der Waals surface area contributed by atoms with Crippen LogP contribution in [0.15, 0.2) is 24.3 Å². The highest BCUT2D eigenvalue weighted by Crippen LogP contribution is 2.29. The molecule has 1 saturated heterocycles. The van der Waals surface area contributed by atoms with Gasteiger partial charge < -0.3 is 9.84 Å². The van der Waals surface area contributed by atoms with Gasteiger partial charge in [0.1, 0.15) is 5.75 Å². The number of aliphatic hydroxyl groups is 1. The van der Waals surface area contributed by atoms with Crippen molar-refractivity contribution in [3.05, 3.63) is 29.8 Å². The molecule has 3 atom stereocenters. The van der Waals surface area contributed by atoms with E-state index >= 15 is 0 Å². The lowest BCUT2D eigenvalue weighted by Gasteiger charge is -2.26. The SMILES string of the molecule is CCCCCCCCC[C@@H]1C[C@@H](O)[C@H](Cc2ccc(OC)cc2)N1C. The summed E-state index contributed by atoms with van der Waals surface area (Å²) in [6.45, 7) is 2.27. The van der Waals surface area contributed by atoms with Crippen LogP contribution < -0.4 is 4.74 Å². The van der Waals surface area contributed by atoms with E-state index in [1.54, 1.807) is 7.11 Å². The predicted molar refractivity (Wildman–Crippen MR) is 105 cm³/mol. The summed E-state index contributed by atoms with van der Waals surface area (Å²) < 4.78 is 5.22. The van der Waals surface area contributed by atoms with Gasteiger partial charge in [0.05, 0.1) is 13.2 Å². The molecule has 0 unspecified atom stereocenters. The number of aliphatic hydroxyl groups excluding tert-OH is 1. The molecule has 1 aromatic rings. The normalized spacial score (nSPS) is 23.9. The largest absolute Gasteiger partial charge is 0.497 e. The number of rotatable bonds is 11. The Morgan fingerprint density at radius 1 is 1.04 bits per heavy atom. The average Bonchev–Trinajstić information content (AvgIpc) is 2.89. The van der Waals surface area contributed by atoms with Crippen LogP contribution in [0.2, 0.25) is 0 Å². The second kappa shape index (κ2) is 10.8. The van der Waals surface area contributed by atoms with E-state index in [-0.39, 0.29) is 12.1 Å². The fourth-order valence-corrected chi connectivity index (χ4v) is 4.09. The van der Waals surface area contributed by atoms with Crippen LogP contribution in [0.3, 0.4) is 0 Å². The lowest BCUT2D eigenvalue weighted by atomic mass is 10.0. The molecule has 0 aromatic heterocycles. The minimum atomic E-state index is -0.207. The highest BCUT2D eigenvalue weighted by atomic mass is 16.5. The highest BCUT2D eigenvalue weighted by molar-refractivity contribution is 5.28. The number of hydrogen-bond donors (Lipinski definition) is 1. The fraction of sp³-hybridized carbons (Fsp3) is 0.727. The maximum Gasteiger partial charge on any atom is 0.118 e. The first-order valence-electron chi connectivity index (χ1n) is 10.2. The van der Waals surface area contributed by atoms with E-state index in [1.165, 1.54) is 56.9 Å². The highest BCUT2D eigenvalue weighted by Gasteiger charge is 2.37. The standard InChI is InChI=1S/C22H37NO2/c1-4-5-6-7-8-9-10-11-19-17-22(24)21(23(19)2)16-18-12-14-20(25-3)15-13-18/h12-15,19,21-22,24H,4-11,16-17H2,1-3H3/t19-,21+,22-/m1/s1. The summed E-state index contributed by atoms with van der Waals surface area (Å²) >= 11 is 0. The van der Waals surface area contributed by atoms with Crippen molar-refractivity contribution in [1.29, 1.82) is 0 Å². The van der Waals surface area contributed by atoms with E-state index in [4.69, 9.17) is 4.74 Å². The number of nitrogens with zero attached hydrogens (tertiary/aromatic N) is 1. The number of hydrogen-bond acceptors (Lipinski definition) is 3. The molecule has 0 saturated carbocycles. The first kappa shape index (κ1) is 20.3. The molecule has 0 aliphatic carbocycles. The molecule has 25 heavy (non-hydrogen) atoms. The minimum absolute atomic E-state index is 0.207. The zero-order valence-corrected chi connectivity index (χ0v) is 16.4. The summed E-state index contributed by atoms with van der Waals surface area (Å²) in [4.78, 5) is 2.42. The second-order valence-corrected chi connectivity index (χ2v) is 7.65. The Labute approximate surface area is 154 Å². The molecule has 1 aromatic carbocycles. The van der Waals surface area contributed by atoms with Crippen LogP contribution in [-0.4, -0.2) is 42.4 Å². The van der Waals surface area contributed by atoms with Crippen LogP contribution in [0, 0.1) is 0 Å².